The smallest absolute Gasteiger partial charge is 0.0705 e. The summed E-state index contributed by atoms with van der Waals surface area (Å²) in [5, 5.41) is 4.72. The summed E-state index contributed by atoms with van der Waals surface area (Å²) in [5.74, 6) is 0. The summed E-state index contributed by atoms with van der Waals surface area (Å²) in [6.07, 6.45) is 0. The maximum absolute atomic E-state index is 4.69. The number of aromatic nitrogens is 1. The number of nitrogens with one attached hydrogen (secondary N) is 1. The first-order valence-corrected chi connectivity index (χ1v) is 7.37. The molecule has 3 aromatic rings. The number of pyridine rings is 1. The van der Waals surface area contributed by atoms with Crippen molar-refractivity contribution in [2.24, 2.45) is 0 Å². The fraction of sp³-hybridized carbons (Fsp3) is 0.211. The first-order valence-electron chi connectivity index (χ1n) is 7.37. The first kappa shape index (κ1) is 13.8. The predicted molar refractivity (Wildman–Crippen MR) is 88.2 cm³/mol. The van der Waals surface area contributed by atoms with E-state index in [2.05, 4.69) is 67.7 Å². The van der Waals surface area contributed by atoms with Gasteiger partial charge in [-0.1, -0.05) is 54.1 Å². The Labute approximate surface area is 125 Å². The number of hydrogen-bond donors (Lipinski definition) is 1. The monoisotopic (exact) mass is 276 g/mol. The second kappa shape index (κ2) is 6.06. The van der Waals surface area contributed by atoms with Gasteiger partial charge in [-0.2, -0.15) is 0 Å². The Morgan fingerprint density at radius 1 is 0.952 bits per heavy atom. The standard InChI is InChI=1S/C19H20N2/c1-14-7-9-16(10-8-14)15(2)20-13-18-12-11-17-5-3-4-6-19(17)21-18/h3-12,15,20H,13H2,1-2H3. The van der Waals surface area contributed by atoms with E-state index < -0.39 is 0 Å². The molecule has 0 aliphatic carbocycles. The van der Waals surface area contributed by atoms with E-state index in [-0.39, 0.29) is 0 Å². The lowest BCUT2D eigenvalue weighted by Crippen LogP contribution is -2.18. The molecule has 0 aliphatic rings. The van der Waals surface area contributed by atoms with Crippen LogP contribution in [0.25, 0.3) is 10.9 Å². The third-order valence-corrected chi connectivity index (χ3v) is 3.82. The van der Waals surface area contributed by atoms with Gasteiger partial charge in [0.1, 0.15) is 0 Å². The van der Waals surface area contributed by atoms with Crippen molar-refractivity contribution in [3.05, 3.63) is 77.5 Å². The Balaban J connectivity index is 1.69. The molecule has 0 bridgehead atoms. The van der Waals surface area contributed by atoms with Gasteiger partial charge in [0.2, 0.25) is 0 Å². The largest absolute Gasteiger partial charge is 0.305 e. The SMILES string of the molecule is Cc1ccc(C(C)NCc2ccc3ccccc3n2)cc1. The van der Waals surface area contributed by atoms with Crippen LogP contribution in [0.2, 0.25) is 0 Å². The average Bonchev–Trinajstić information content (AvgIpc) is 2.53. The molecular weight excluding hydrogens is 256 g/mol. The lowest BCUT2D eigenvalue weighted by Gasteiger charge is -2.14. The van der Waals surface area contributed by atoms with E-state index in [0.29, 0.717) is 6.04 Å². The fourth-order valence-electron chi connectivity index (χ4n) is 2.44. The van der Waals surface area contributed by atoms with Crippen LogP contribution in [0, 0.1) is 6.92 Å². The van der Waals surface area contributed by atoms with Crippen molar-refractivity contribution in [2.45, 2.75) is 26.4 Å². The van der Waals surface area contributed by atoms with Crippen molar-refractivity contribution < 1.29 is 0 Å². The molecule has 1 atom stereocenters. The van der Waals surface area contributed by atoms with Crippen LogP contribution in [0.15, 0.2) is 60.7 Å². The summed E-state index contributed by atoms with van der Waals surface area (Å²) in [4.78, 5) is 4.69. The van der Waals surface area contributed by atoms with Gasteiger partial charge in [0.15, 0.2) is 0 Å². The Hall–Kier alpha value is -2.19. The Bertz CT molecular complexity index is 732. The van der Waals surface area contributed by atoms with Crippen LogP contribution in [0.3, 0.4) is 0 Å². The molecule has 1 unspecified atom stereocenters. The van der Waals surface area contributed by atoms with Gasteiger partial charge in [-0.25, -0.2) is 0 Å². The van der Waals surface area contributed by atoms with Crippen molar-refractivity contribution >= 4 is 10.9 Å². The Morgan fingerprint density at radius 2 is 1.71 bits per heavy atom. The summed E-state index contributed by atoms with van der Waals surface area (Å²) in [7, 11) is 0. The van der Waals surface area contributed by atoms with Crippen molar-refractivity contribution in [3.8, 4) is 0 Å². The summed E-state index contributed by atoms with van der Waals surface area (Å²) >= 11 is 0. The number of aryl methyl sites for hydroxylation is 1. The molecule has 0 fully saturated rings. The van der Waals surface area contributed by atoms with Crippen molar-refractivity contribution in [1.29, 1.82) is 0 Å². The molecule has 1 aromatic heterocycles. The molecule has 106 valence electrons. The van der Waals surface area contributed by atoms with Crippen LogP contribution in [-0.2, 0) is 6.54 Å². The highest BCUT2D eigenvalue weighted by Gasteiger charge is 2.05. The second-order valence-corrected chi connectivity index (χ2v) is 5.51. The summed E-state index contributed by atoms with van der Waals surface area (Å²) < 4.78 is 0. The number of fused-ring (bicyclic) bond motifs is 1. The van der Waals surface area contributed by atoms with Crippen LogP contribution in [0.4, 0.5) is 0 Å². The van der Waals surface area contributed by atoms with E-state index in [4.69, 9.17) is 4.98 Å². The van der Waals surface area contributed by atoms with E-state index in [1.54, 1.807) is 0 Å². The Kier molecular flexibility index (Phi) is 3.98. The fourth-order valence-corrected chi connectivity index (χ4v) is 2.44. The van der Waals surface area contributed by atoms with Crippen LogP contribution in [-0.4, -0.2) is 4.98 Å². The minimum absolute atomic E-state index is 0.318. The highest BCUT2D eigenvalue weighted by molar-refractivity contribution is 5.78. The highest BCUT2D eigenvalue weighted by Crippen LogP contribution is 2.15. The van der Waals surface area contributed by atoms with Gasteiger partial charge in [0.05, 0.1) is 11.2 Å². The maximum atomic E-state index is 4.69. The molecule has 21 heavy (non-hydrogen) atoms. The minimum atomic E-state index is 0.318. The summed E-state index contributed by atoms with van der Waals surface area (Å²) in [5.41, 5.74) is 4.73. The van der Waals surface area contributed by atoms with Crippen LogP contribution < -0.4 is 5.32 Å². The number of benzene rings is 2. The number of para-hydroxylation sites is 1. The maximum Gasteiger partial charge on any atom is 0.0705 e. The normalized spacial score (nSPS) is 12.5. The predicted octanol–water partition coefficient (Wildman–Crippen LogP) is 4.39. The third-order valence-electron chi connectivity index (χ3n) is 3.82. The van der Waals surface area contributed by atoms with E-state index in [0.717, 1.165) is 17.8 Å². The highest BCUT2D eigenvalue weighted by atomic mass is 14.9. The average molecular weight is 276 g/mol. The molecule has 1 heterocycles. The van der Waals surface area contributed by atoms with Gasteiger partial charge in [0, 0.05) is 18.0 Å². The molecule has 3 rings (SSSR count). The zero-order valence-electron chi connectivity index (χ0n) is 12.5. The van der Waals surface area contributed by atoms with Crippen molar-refractivity contribution in [2.75, 3.05) is 0 Å². The number of rotatable bonds is 4. The second-order valence-electron chi connectivity index (χ2n) is 5.51. The molecule has 2 aromatic carbocycles. The third kappa shape index (κ3) is 3.29. The van der Waals surface area contributed by atoms with Crippen molar-refractivity contribution in [1.82, 2.24) is 10.3 Å². The molecule has 2 nitrogen and oxygen atoms in total. The molecule has 0 spiro atoms. The summed E-state index contributed by atoms with van der Waals surface area (Å²) in [6, 6.07) is 21.4. The van der Waals surface area contributed by atoms with Gasteiger partial charge in [0.25, 0.3) is 0 Å². The summed E-state index contributed by atoms with van der Waals surface area (Å²) in [6.45, 7) is 5.08. The molecular formula is C19H20N2. The van der Waals surface area contributed by atoms with Gasteiger partial charge in [-0.3, -0.25) is 4.98 Å². The zero-order valence-corrected chi connectivity index (χ0v) is 12.5. The molecule has 0 amide bonds. The number of nitrogens with zero attached hydrogens (tertiary/aromatic N) is 1. The molecule has 1 N–H and O–H groups in total. The Morgan fingerprint density at radius 3 is 2.52 bits per heavy atom. The topological polar surface area (TPSA) is 24.9 Å². The van der Waals surface area contributed by atoms with Gasteiger partial charge in [-0.05, 0) is 31.5 Å². The molecule has 0 radical (unpaired) electrons. The van der Waals surface area contributed by atoms with Gasteiger partial charge >= 0.3 is 0 Å². The van der Waals surface area contributed by atoms with Crippen molar-refractivity contribution in [3.63, 3.8) is 0 Å². The van der Waals surface area contributed by atoms with Crippen LogP contribution >= 0.6 is 0 Å². The molecule has 2 heteroatoms. The molecule has 0 saturated heterocycles. The molecule has 0 saturated carbocycles. The van der Waals surface area contributed by atoms with Crippen LogP contribution in [0.5, 0.6) is 0 Å². The zero-order chi connectivity index (χ0) is 14.7. The molecule has 0 aliphatic heterocycles. The minimum Gasteiger partial charge on any atom is -0.305 e. The quantitative estimate of drug-likeness (QED) is 0.764. The van der Waals surface area contributed by atoms with Gasteiger partial charge < -0.3 is 5.32 Å². The van der Waals surface area contributed by atoms with E-state index in [1.165, 1.54) is 16.5 Å². The number of hydrogen-bond acceptors (Lipinski definition) is 2. The lowest BCUT2D eigenvalue weighted by molar-refractivity contribution is 0.568. The van der Waals surface area contributed by atoms with E-state index >= 15 is 0 Å². The van der Waals surface area contributed by atoms with Crippen LogP contribution in [0.1, 0.15) is 29.8 Å². The van der Waals surface area contributed by atoms with E-state index in [1.807, 2.05) is 12.1 Å². The first-order chi connectivity index (χ1) is 10.2. The van der Waals surface area contributed by atoms with E-state index in [9.17, 15) is 0 Å². The lowest BCUT2D eigenvalue weighted by atomic mass is 10.1. The van der Waals surface area contributed by atoms with Gasteiger partial charge in [-0.15, -0.1) is 0 Å².